The highest BCUT2D eigenvalue weighted by molar-refractivity contribution is 6.32. The first-order valence-corrected chi connectivity index (χ1v) is 6.24. The fourth-order valence-electron chi connectivity index (χ4n) is 1.59. The highest BCUT2D eigenvalue weighted by Crippen LogP contribution is 2.18. The molecule has 0 radical (unpaired) electrons. The molecule has 1 heterocycles. The van der Waals surface area contributed by atoms with Gasteiger partial charge in [0.1, 0.15) is 0 Å². The van der Waals surface area contributed by atoms with Gasteiger partial charge in [-0.3, -0.25) is 9.59 Å². The van der Waals surface area contributed by atoms with Crippen molar-refractivity contribution in [2.24, 2.45) is 0 Å². The highest BCUT2D eigenvalue weighted by atomic mass is 35.5. The Kier molecular flexibility index (Phi) is 4.32. The Labute approximate surface area is 120 Å². The number of ketones is 1. The number of rotatable bonds is 4. The van der Waals surface area contributed by atoms with Crippen molar-refractivity contribution in [3.05, 3.63) is 69.7 Å². The van der Waals surface area contributed by atoms with Crippen LogP contribution >= 0.6 is 11.6 Å². The van der Waals surface area contributed by atoms with E-state index < -0.39 is 11.2 Å². The molecule has 0 amide bonds. The van der Waals surface area contributed by atoms with Crippen molar-refractivity contribution in [3.8, 4) is 5.69 Å². The smallest absolute Gasteiger partial charge is 0.211 e. The molecule has 0 spiro atoms. The average Bonchev–Trinajstić information content (AvgIpc) is 2.46. The van der Waals surface area contributed by atoms with E-state index in [1.54, 1.807) is 31.3 Å². The molecule has 0 saturated heterocycles. The number of allylic oxidation sites excluding steroid dienone is 1. The summed E-state index contributed by atoms with van der Waals surface area (Å²) in [6.45, 7) is 0. The molecule has 1 N–H and O–H groups in total. The van der Waals surface area contributed by atoms with Crippen LogP contribution in [0.4, 0.5) is 0 Å². The quantitative estimate of drug-likeness (QED) is 0.689. The molecule has 20 heavy (non-hydrogen) atoms. The summed E-state index contributed by atoms with van der Waals surface area (Å²) in [5, 5.41) is 7.21. The zero-order chi connectivity index (χ0) is 14.5. The Morgan fingerprint density at radius 3 is 2.80 bits per heavy atom. The molecule has 0 aliphatic rings. The Bertz CT molecular complexity index is 722. The molecular formula is C14H12ClN3O2. The lowest BCUT2D eigenvalue weighted by Crippen LogP contribution is -2.20. The summed E-state index contributed by atoms with van der Waals surface area (Å²) in [5.41, 5.74) is 0.0128. The molecule has 0 fully saturated rings. The van der Waals surface area contributed by atoms with Crippen LogP contribution in [0.3, 0.4) is 0 Å². The number of hydrogen-bond donors (Lipinski definition) is 1. The van der Waals surface area contributed by atoms with E-state index in [1.807, 2.05) is 0 Å². The van der Waals surface area contributed by atoms with Crippen LogP contribution < -0.4 is 10.7 Å². The van der Waals surface area contributed by atoms with Crippen molar-refractivity contribution >= 4 is 17.4 Å². The zero-order valence-corrected chi connectivity index (χ0v) is 11.5. The summed E-state index contributed by atoms with van der Waals surface area (Å²) in [6.07, 6.45) is 4.17. The predicted molar refractivity (Wildman–Crippen MR) is 77.4 cm³/mol. The largest absolute Gasteiger partial charge is 0.394 e. The summed E-state index contributed by atoms with van der Waals surface area (Å²) in [6, 6.07) is 8.33. The van der Waals surface area contributed by atoms with Crippen molar-refractivity contribution in [2.45, 2.75) is 0 Å². The van der Waals surface area contributed by atoms with Gasteiger partial charge in [-0.25, -0.2) is 4.68 Å². The maximum atomic E-state index is 11.9. The van der Waals surface area contributed by atoms with Gasteiger partial charge in [0.2, 0.25) is 11.2 Å². The van der Waals surface area contributed by atoms with E-state index in [4.69, 9.17) is 11.6 Å². The number of nitrogens with one attached hydrogen (secondary N) is 1. The minimum Gasteiger partial charge on any atom is -0.394 e. The van der Waals surface area contributed by atoms with Gasteiger partial charge in [0.25, 0.3) is 0 Å². The minimum absolute atomic E-state index is 0.154. The predicted octanol–water partition coefficient (Wildman–Crippen LogP) is 1.80. The van der Waals surface area contributed by atoms with E-state index in [0.717, 1.165) is 0 Å². The van der Waals surface area contributed by atoms with Crippen LogP contribution in [0.25, 0.3) is 5.69 Å². The lowest BCUT2D eigenvalue weighted by Gasteiger charge is -2.07. The van der Waals surface area contributed by atoms with Crippen LogP contribution in [-0.2, 0) is 0 Å². The topological polar surface area (TPSA) is 64.0 Å². The monoisotopic (exact) mass is 289 g/mol. The molecule has 0 bridgehead atoms. The number of carbonyl (C=O) groups is 1. The van der Waals surface area contributed by atoms with Crippen LogP contribution in [0.5, 0.6) is 0 Å². The molecule has 2 aromatic rings. The normalized spacial score (nSPS) is 10.7. The van der Waals surface area contributed by atoms with Crippen LogP contribution in [0.2, 0.25) is 5.02 Å². The van der Waals surface area contributed by atoms with Gasteiger partial charge in [-0.15, -0.1) is 0 Å². The maximum absolute atomic E-state index is 11.9. The second kappa shape index (κ2) is 6.16. The van der Waals surface area contributed by atoms with Gasteiger partial charge < -0.3 is 5.32 Å². The summed E-state index contributed by atoms with van der Waals surface area (Å²) in [7, 11) is 1.66. The number of aromatic nitrogens is 2. The van der Waals surface area contributed by atoms with Gasteiger partial charge >= 0.3 is 0 Å². The number of para-hydroxylation sites is 1. The molecule has 102 valence electrons. The van der Waals surface area contributed by atoms with Crippen molar-refractivity contribution in [3.63, 3.8) is 0 Å². The van der Waals surface area contributed by atoms with Crippen LogP contribution in [0, 0.1) is 0 Å². The molecule has 0 unspecified atom stereocenters. The molecule has 0 aliphatic heterocycles. The molecule has 1 aromatic carbocycles. The highest BCUT2D eigenvalue weighted by Gasteiger charge is 2.11. The van der Waals surface area contributed by atoms with Crippen molar-refractivity contribution in [1.82, 2.24) is 15.1 Å². The SMILES string of the molecule is CNC=CC(=O)c1nn(-c2ccccc2Cl)ccc1=O. The van der Waals surface area contributed by atoms with Gasteiger partial charge in [0.05, 0.1) is 10.7 Å². The van der Waals surface area contributed by atoms with Gasteiger partial charge in [0, 0.05) is 31.6 Å². The third-order valence-electron chi connectivity index (χ3n) is 2.54. The van der Waals surface area contributed by atoms with E-state index >= 15 is 0 Å². The van der Waals surface area contributed by atoms with Gasteiger partial charge in [0.15, 0.2) is 5.69 Å². The Balaban J connectivity index is 2.49. The zero-order valence-electron chi connectivity index (χ0n) is 10.7. The first kappa shape index (κ1) is 14.0. The van der Waals surface area contributed by atoms with Crippen molar-refractivity contribution in [2.75, 3.05) is 7.05 Å². The second-order valence-corrected chi connectivity index (χ2v) is 4.32. The van der Waals surface area contributed by atoms with Crippen LogP contribution in [-0.4, -0.2) is 22.6 Å². The van der Waals surface area contributed by atoms with E-state index in [-0.39, 0.29) is 5.69 Å². The summed E-state index contributed by atoms with van der Waals surface area (Å²) in [5.74, 6) is -0.467. The summed E-state index contributed by atoms with van der Waals surface area (Å²) < 4.78 is 1.41. The maximum Gasteiger partial charge on any atom is 0.211 e. The van der Waals surface area contributed by atoms with Crippen molar-refractivity contribution in [1.29, 1.82) is 0 Å². The Morgan fingerprint density at radius 2 is 2.10 bits per heavy atom. The molecule has 0 saturated carbocycles. The molecule has 5 nitrogen and oxygen atoms in total. The average molecular weight is 290 g/mol. The van der Waals surface area contributed by atoms with Crippen LogP contribution in [0.15, 0.2) is 53.6 Å². The van der Waals surface area contributed by atoms with E-state index in [9.17, 15) is 9.59 Å². The second-order valence-electron chi connectivity index (χ2n) is 3.91. The standard InChI is InChI=1S/C14H12ClN3O2/c1-16-8-6-12(19)14-13(20)7-9-18(17-14)11-5-3-2-4-10(11)15/h2-9,16H,1H3. The fraction of sp³-hybridized carbons (Fsp3) is 0.0714. The Hall–Kier alpha value is -2.40. The lowest BCUT2D eigenvalue weighted by atomic mass is 10.2. The van der Waals surface area contributed by atoms with E-state index in [0.29, 0.717) is 10.7 Å². The Morgan fingerprint density at radius 1 is 1.35 bits per heavy atom. The molecular weight excluding hydrogens is 278 g/mol. The first-order chi connectivity index (χ1) is 9.63. The molecule has 0 atom stereocenters. The number of halogens is 1. The summed E-state index contributed by atoms with van der Waals surface area (Å²) in [4.78, 5) is 23.6. The molecule has 1 aromatic heterocycles. The molecule has 6 heteroatoms. The number of nitrogens with zero attached hydrogens (tertiary/aromatic N) is 2. The minimum atomic E-state index is -0.467. The number of benzene rings is 1. The molecule has 0 aliphatic carbocycles. The molecule has 2 rings (SSSR count). The van der Waals surface area contributed by atoms with Gasteiger partial charge in [-0.05, 0) is 12.1 Å². The van der Waals surface area contributed by atoms with Crippen LogP contribution in [0.1, 0.15) is 10.5 Å². The van der Waals surface area contributed by atoms with E-state index in [1.165, 1.54) is 29.2 Å². The van der Waals surface area contributed by atoms with Gasteiger partial charge in [-0.1, -0.05) is 23.7 Å². The number of hydrogen-bond acceptors (Lipinski definition) is 4. The van der Waals surface area contributed by atoms with E-state index in [2.05, 4.69) is 10.4 Å². The van der Waals surface area contributed by atoms with Crippen molar-refractivity contribution < 1.29 is 4.79 Å². The third kappa shape index (κ3) is 2.95. The third-order valence-corrected chi connectivity index (χ3v) is 2.86. The lowest BCUT2D eigenvalue weighted by molar-refractivity contribution is 0.103. The fourth-order valence-corrected chi connectivity index (χ4v) is 1.81. The van der Waals surface area contributed by atoms with Gasteiger partial charge in [-0.2, -0.15) is 5.10 Å². The first-order valence-electron chi connectivity index (χ1n) is 5.86. The summed E-state index contributed by atoms with van der Waals surface area (Å²) >= 11 is 6.07. The number of carbonyl (C=O) groups excluding carboxylic acids is 1.